The van der Waals surface area contributed by atoms with Gasteiger partial charge >= 0.3 is 6.18 Å². The lowest BCUT2D eigenvalue weighted by atomic mass is 10.1. The van der Waals surface area contributed by atoms with Crippen LogP contribution in [-0.2, 0) is 11.9 Å². The zero-order valence-electron chi connectivity index (χ0n) is 16.2. The fourth-order valence-corrected chi connectivity index (χ4v) is 3.57. The van der Waals surface area contributed by atoms with Gasteiger partial charge in [-0.1, -0.05) is 18.2 Å². The summed E-state index contributed by atoms with van der Waals surface area (Å²) in [4.78, 5) is 25.4. The smallest absolute Gasteiger partial charge is 0.416 e. The molecule has 3 rings (SSSR count). The number of furan rings is 1. The maximum Gasteiger partial charge on any atom is 0.416 e. The summed E-state index contributed by atoms with van der Waals surface area (Å²) >= 11 is 1.57. The van der Waals surface area contributed by atoms with E-state index >= 15 is 0 Å². The van der Waals surface area contributed by atoms with Gasteiger partial charge in [-0.25, -0.2) is 0 Å². The second kappa shape index (κ2) is 10.2. The summed E-state index contributed by atoms with van der Waals surface area (Å²) in [5.74, 6) is -0.163. The highest BCUT2D eigenvalue weighted by Gasteiger charge is 2.30. The van der Waals surface area contributed by atoms with Crippen molar-refractivity contribution in [3.05, 3.63) is 89.4 Å². The Morgan fingerprint density at radius 2 is 1.52 bits per heavy atom. The molecule has 0 atom stereocenters. The maximum atomic E-state index is 12.6. The number of hydrogen-bond acceptors (Lipinski definition) is 4. The fraction of sp³-hybridized carbons (Fsp3) is 0.182. The quantitative estimate of drug-likeness (QED) is 0.385. The number of benzene rings is 2. The van der Waals surface area contributed by atoms with Crippen molar-refractivity contribution in [3.8, 4) is 0 Å². The van der Waals surface area contributed by atoms with E-state index in [4.69, 9.17) is 4.42 Å². The van der Waals surface area contributed by atoms with Crippen LogP contribution in [0.1, 0.15) is 32.0 Å². The lowest BCUT2D eigenvalue weighted by molar-refractivity contribution is -0.137. The third-order valence-electron chi connectivity index (χ3n) is 4.26. The van der Waals surface area contributed by atoms with E-state index in [0.717, 1.165) is 34.7 Å². The Balaban J connectivity index is 1.44. The predicted octanol–water partition coefficient (Wildman–Crippen LogP) is 4.75. The van der Waals surface area contributed by atoms with Gasteiger partial charge in [-0.2, -0.15) is 13.2 Å². The molecular weight excluding hydrogens is 429 g/mol. The van der Waals surface area contributed by atoms with Crippen molar-refractivity contribution in [2.75, 3.05) is 13.1 Å². The van der Waals surface area contributed by atoms with Crippen LogP contribution >= 0.6 is 11.8 Å². The average molecular weight is 448 g/mol. The van der Waals surface area contributed by atoms with E-state index in [-0.39, 0.29) is 24.4 Å². The first-order valence-electron chi connectivity index (χ1n) is 9.32. The van der Waals surface area contributed by atoms with Crippen LogP contribution in [0, 0.1) is 0 Å². The largest absolute Gasteiger partial charge is 0.459 e. The summed E-state index contributed by atoms with van der Waals surface area (Å²) in [5, 5.41) is 5.20. The topological polar surface area (TPSA) is 71.3 Å². The Bertz CT molecular complexity index is 1020. The van der Waals surface area contributed by atoms with Crippen molar-refractivity contribution in [3.63, 3.8) is 0 Å². The van der Waals surface area contributed by atoms with Crippen LogP contribution in [0.15, 0.2) is 76.2 Å². The van der Waals surface area contributed by atoms with E-state index in [1.54, 1.807) is 17.8 Å². The molecule has 0 saturated heterocycles. The first-order chi connectivity index (χ1) is 14.8. The monoisotopic (exact) mass is 448 g/mol. The SMILES string of the molecule is O=C(NCCNC(=O)c1occc1CSc1ccccc1)c1ccc(C(F)(F)F)cc1. The third-order valence-corrected chi connectivity index (χ3v) is 5.32. The van der Waals surface area contributed by atoms with Gasteiger partial charge in [0, 0.05) is 34.9 Å². The van der Waals surface area contributed by atoms with Crippen LogP contribution < -0.4 is 10.6 Å². The van der Waals surface area contributed by atoms with E-state index in [1.165, 1.54) is 6.26 Å². The predicted molar refractivity (Wildman–Crippen MR) is 111 cm³/mol. The number of rotatable bonds is 8. The fourth-order valence-electron chi connectivity index (χ4n) is 2.67. The van der Waals surface area contributed by atoms with Crippen molar-refractivity contribution in [2.24, 2.45) is 0 Å². The van der Waals surface area contributed by atoms with Crippen molar-refractivity contribution >= 4 is 23.6 Å². The van der Waals surface area contributed by atoms with Crippen LogP contribution in [0.2, 0.25) is 0 Å². The van der Waals surface area contributed by atoms with Crippen LogP contribution in [-0.4, -0.2) is 24.9 Å². The normalized spacial score (nSPS) is 11.2. The molecular formula is C22H19F3N2O3S. The van der Waals surface area contributed by atoms with Crippen molar-refractivity contribution in [2.45, 2.75) is 16.8 Å². The lowest BCUT2D eigenvalue weighted by Gasteiger charge is -2.09. The molecule has 5 nitrogen and oxygen atoms in total. The van der Waals surface area contributed by atoms with E-state index in [0.29, 0.717) is 5.75 Å². The standard InChI is InChI=1S/C22H19F3N2O3S/c23-22(24,25)17-8-6-15(7-9-17)20(28)26-11-12-27-21(29)19-16(10-13-30-19)14-31-18-4-2-1-3-5-18/h1-10,13H,11-12,14H2,(H,26,28)(H,27,29). The molecule has 0 radical (unpaired) electrons. The summed E-state index contributed by atoms with van der Waals surface area (Å²) in [6, 6.07) is 15.4. The Kier molecular flexibility index (Phi) is 7.41. The number of carbonyl (C=O) groups is 2. The van der Waals surface area contributed by atoms with Gasteiger partial charge in [-0.05, 0) is 42.5 Å². The number of thioether (sulfide) groups is 1. The Morgan fingerprint density at radius 3 is 2.16 bits per heavy atom. The Morgan fingerprint density at radius 1 is 0.871 bits per heavy atom. The first kappa shape index (κ1) is 22.5. The van der Waals surface area contributed by atoms with Gasteiger partial charge in [0.2, 0.25) is 0 Å². The van der Waals surface area contributed by atoms with Gasteiger partial charge < -0.3 is 15.1 Å². The van der Waals surface area contributed by atoms with Gasteiger partial charge in [-0.15, -0.1) is 11.8 Å². The van der Waals surface area contributed by atoms with Crippen molar-refractivity contribution < 1.29 is 27.2 Å². The molecule has 0 aliphatic rings. The molecule has 3 aromatic rings. The molecule has 31 heavy (non-hydrogen) atoms. The molecule has 2 amide bonds. The molecule has 162 valence electrons. The highest BCUT2D eigenvalue weighted by molar-refractivity contribution is 7.98. The molecule has 0 fully saturated rings. The second-order valence-electron chi connectivity index (χ2n) is 6.46. The van der Waals surface area contributed by atoms with Gasteiger partial charge in [0.25, 0.3) is 11.8 Å². The van der Waals surface area contributed by atoms with E-state index in [2.05, 4.69) is 10.6 Å². The Hall–Kier alpha value is -3.20. The number of nitrogens with one attached hydrogen (secondary N) is 2. The summed E-state index contributed by atoms with van der Waals surface area (Å²) in [6.07, 6.45) is -3.01. The molecule has 0 saturated carbocycles. The second-order valence-corrected chi connectivity index (χ2v) is 7.51. The highest BCUT2D eigenvalue weighted by Crippen LogP contribution is 2.29. The zero-order chi connectivity index (χ0) is 22.3. The van der Waals surface area contributed by atoms with Gasteiger partial charge in [0.15, 0.2) is 5.76 Å². The summed E-state index contributed by atoms with van der Waals surface area (Å²) in [5.41, 5.74) is 0.0294. The molecule has 0 aliphatic heterocycles. The minimum absolute atomic E-state index is 0.102. The first-order valence-corrected chi connectivity index (χ1v) is 10.3. The molecule has 1 aromatic heterocycles. The Labute approximate surface area is 181 Å². The summed E-state index contributed by atoms with van der Waals surface area (Å²) < 4.78 is 43.0. The van der Waals surface area contributed by atoms with Gasteiger partial charge in [0.05, 0.1) is 11.8 Å². The summed E-state index contributed by atoms with van der Waals surface area (Å²) in [7, 11) is 0. The highest BCUT2D eigenvalue weighted by atomic mass is 32.2. The number of alkyl halides is 3. The van der Waals surface area contributed by atoms with E-state index in [1.807, 2.05) is 30.3 Å². The number of amides is 2. The van der Waals surface area contributed by atoms with Gasteiger partial charge in [0.1, 0.15) is 0 Å². The summed E-state index contributed by atoms with van der Waals surface area (Å²) in [6.45, 7) is 0.248. The maximum absolute atomic E-state index is 12.6. The van der Waals surface area contributed by atoms with Crippen LogP contribution in [0.25, 0.3) is 0 Å². The molecule has 1 heterocycles. The van der Waals surface area contributed by atoms with Crippen LogP contribution in [0.4, 0.5) is 13.2 Å². The van der Waals surface area contributed by atoms with E-state index in [9.17, 15) is 22.8 Å². The third kappa shape index (κ3) is 6.39. The van der Waals surface area contributed by atoms with Crippen LogP contribution in [0.3, 0.4) is 0 Å². The number of halogens is 3. The average Bonchev–Trinajstić information content (AvgIpc) is 3.24. The van der Waals surface area contributed by atoms with Gasteiger partial charge in [-0.3, -0.25) is 9.59 Å². The molecule has 2 aromatic carbocycles. The molecule has 0 aliphatic carbocycles. The van der Waals surface area contributed by atoms with Crippen LogP contribution in [0.5, 0.6) is 0 Å². The van der Waals surface area contributed by atoms with Crippen molar-refractivity contribution in [1.29, 1.82) is 0 Å². The molecule has 9 heteroatoms. The lowest BCUT2D eigenvalue weighted by Crippen LogP contribution is -2.34. The zero-order valence-corrected chi connectivity index (χ0v) is 17.1. The van der Waals surface area contributed by atoms with E-state index < -0.39 is 23.6 Å². The molecule has 0 unspecified atom stereocenters. The molecule has 0 spiro atoms. The number of hydrogen-bond donors (Lipinski definition) is 2. The minimum atomic E-state index is -4.45. The molecule has 0 bridgehead atoms. The molecule has 2 N–H and O–H groups in total. The number of carbonyl (C=O) groups excluding carboxylic acids is 2. The van der Waals surface area contributed by atoms with Crippen molar-refractivity contribution in [1.82, 2.24) is 10.6 Å². The minimum Gasteiger partial charge on any atom is -0.459 e.